The molecule has 0 atom stereocenters. The standard InChI is InChI=1S/C17H19N5O3/c1-2-24-17(23)13-10-20-22(12-13)8-3-9-25-14-4-5-15(18-11-14)16-6-7-19-21-16/h4-7,10-12H,2-3,8-9H2,1H3,(H,19,21). The zero-order chi connectivity index (χ0) is 17.5. The lowest BCUT2D eigenvalue weighted by Gasteiger charge is -2.06. The first-order valence-corrected chi connectivity index (χ1v) is 8.04. The van der Waals surface area contributed by atoms with E-state index in [1.54, 1.807) is 30.2 Å². The van der Waals surface area contributed by atoms with E-state index >= 15 is 0 Å². The topological polar surface area (TPSA) is 94.9 Å². The number of aryl methyl sites for hydroxylation is 1. The minimum absolute atomic E-state index is 0.352. The summed E-state index contributed by atoms with van der Waals surface area (Å²) in [6.07, 6.45) is 7.31. The smallest absolute Gasteiger partial charge is 0.341 e. The molecule has 0 saturated heterocycles. The van der Waals surface area contributed by atoms with Crippen molar-refractivity contribution in [1.29, 1.82) is 0 Å². The van der Waals surface area contributed by atoms with Crippen molar-refractivity contribution in [3.05, 3.63) is 48.5 Å². The zero-order valence-corrected chi connectivity index (χ0v) is 13.9. The van der Waals surface area contributed by atoms with Crippen molar-refractivity contribution < 1.29 is 14.3 Å². The molecule has 8 heteroatoms. The fourth-order valence-corrected chi connectivity index (χ4v) is 2.25. The van der Waals surface area contributed by atoms with Gasteiger partial charge in [-0.05, 0) is 25.1 Å². The lowest BCUT2D eigenvalue weighted by molar-refractivity contribution is 0.0526. The van der Waals surface area contributed by atoms with Crippen LogP contribution in [-0.2, 0) is 11.3 Å². The third-order valence-corrected chi connectivity index (χ3v) is 3.46. The van der Waals surface area contributed by atoms with E-state index in [0.717, 1.165) is 17.8 Å². The van der Waals surface area contributed by atoms with Gasteiger partial charge in [0.15, 0.2) is 0 Å². The molecule has 25 heavy (non-hydrogen) atoms. The average molecular weight is 341 g/mol. The summed E-state index contributed by atoms with van der Waals surface area (Å²) < 4.78 is 12.3. The van der Waals surface area contributed by atoms with Crippen molar-refractivity contribution in [2.24, 2.45) is 0 Å². The minimum Gasteiger partial charge on any atom is -0.492 e. The largest absolute Gasteiger partial charge is 0.492 e. The van der Waals surface area contributed by atoms with Gasteiger partial charge in [0, 0.05) is 25.4 Å². The van der Waals surface area contributed by atoms with Crippen LogP contribution in [0.1, 0.15) is 23.7 Å². The van der Waals surface area contributed by atoms with Crippen molar-refractivity contribution in [2.75, 3.05) is 13.2 Å². The minimum atomic E-state index is -0.353. The van der Waals surface area contributed by atoms with Gasteiger partial charge in [-0.25, -0.2) is 4.79 Å². The molecular formula is C17H19N5O3. The Morgan fingerprint density at radius 3 is 2.92 bits per heavy atom. The number of esters is 1. The van der Waals surface area contributed by atoms with Crippen molar-refractivity contribution in [3.63, 3.8) is 0 Å². The maximum Gasteiger partial charge on any atom is 0.341 e. The molecule has 1 N–H and O–H groups in total. The number of rotatable bonds is 8. The maximum absolute atomic E-state index is 11.6. The molecule has 0 bridgehead atoms. The summed E-state index contributed by atoms with van der Waals surface area (Å²) in [5, 5.41) is 10.9. The van der Waals surface area contributed by atoms with Gasteiger partial charge in [0.1, 0.15) is 5.75 Å². The van der Waals surface area contributed by atoms with Gasteiger partial charge in [-0.1, -0.05) is 0 Å². The highest BCUT2D eigenvalue weighted by atomic mass is 16.5. The molecule has 0 aliphatic rings. The van der Waals surface area contributed by atoms with Gasteiger partial charge in [-0.3, -0.25) is 14.8 Å². The summed E-state index contributed by atoms with van der Waals surface area (Å²) in [6, 6.07) is 5.61. The van der Waals surface area contributed by atoms with E-state index in [9.17, 15) is 4.79 Å². The zero-order valence-electron chi connectivity index (χ0n) is 13.9. The lowest BCUT2D eigenvalue weighted by atomic mass is 10.3. The monoisotopic (exact) mass is 341 g/mol. The van der Waals surface area contributed by atoms with E-state index in [4.69, 9.17) is 9.47 Å². The molecule has 8 nitrogen and oxygen atoms in total. The van der Waals surface area contributed by atoms with Crippen LogP contribution in [0.2, 0.25) is 0 Å². The molecule has 0 unspecified atom stereocenters. The summed E-state index contributed by atoms with van der Waals surface area (Å²) in [7, 11) is 0. The molecular weight excluding hydrogens is 322 g/mol. The number of nitrogens with zero attached hydrogens (tertiary/aromatic N) is 4. The van der Waals surface area contributed by atoms with Gasteiger partial charge in [-0.2, -0.15) is 10.2 Å². The fourth-order valence-electron chi connectivity index (χ4n) is 2.25. The molecule has 3 rings (SSSR count). The molecule has 0 spiro atoms. The molecule has 0 aliphatic heterocycles. The summed E-state index contributed by atoms with van der Waals surface area (Å²) in [4.78, 5) is 15.9. The van der Waals surface area contributed by atoms with Crippen LogP contribution in [-0.4, -0.2) is 44.1 Å². The van der Waals surface area contributed by atoms with E-state index in [1.807, 2.05) is 18.2 Å². The molecule has 130 valence electrons. The second-order valence-corrected chi connectivity index (χ2v) is 5.26. The lowest BCUT2D eigenvalue weighted by Crippen LogP contribution is -2.06. The van der Waals surface area contributed by atoms with Crippen molar-refractivity contribution in [3.8, 4) is 17.1 Å². The quantitative estimate of drug-likeness (QED) is 0.499. The van der Waals surface area contributed by atoms with Crippen LogP contribution < -0.4 is 4.74 Å². The predicted molar refractivity (Wildman–Crippen MR) is 90.1 cm³/mol. The molecule has 0 aromatic carbocycles. The summed E-state index contributed by atoms with van der Waals surface area (Å²) in [6.45, 7) is 3.31. The number of nitrogens with one attached hydrogen (secondary N) is 1. The number of carbonyl (C=O) groups excluding carboxylic acids is 1. The molecule has 3 aromatic rings. The van der Waals surface area contributed by atoms with Crippen molar-refractivity contribution in [1.82, 2.24) is 25.0 Å². The fraction of sp³-hybridized carbons (Fsp3) is 0.294. The highest BCUT2D eigenvalue weighted by Gasteiger charge is 2.09. The Bertz CT molecular complexity index is 796. The molecule has 3 heterocycles. The van der Waals surface area contributed by atoms with Crippen LogP contribution >= 0.6 is 0 Å². The van der Waals surface area contributed by atoms with Gasteiger partial charge >= 0.3 is 5.97 Å². The van der Waals surface area contributed by atoms with Crippen LogP contribution in [0.4, 0.5) is 0 Å². The number of aromatic nitrogens is 5. The van der Waals surface area contributed by atoms with Crippen LogP contribution in [0.15, 0.2) is 43.0 Å². The van der Waals surface area contributed by atoms with Crippen LogP contribution in [0, 0.1) is 0 Å². The Morgan fingerprint density at radius 1 is 1.28 bits per heavy atom. The van der Waals surface area contributed by atoms with E-state index in [2.05, 4.69) is 20.3 Å². The first kappa shape index (κ1) is 16.7. The van der Waals surface area contributed by atoms with Crippen LogP contribution in [0.5, 0.6) is 5.75 Å². The average Bonchev–Trinajstić information content (AvgIpc) is 3.31. The Labute approximate surface area is 144 Å². The van der Waals surface area contributed by atoms with Gasteiger partial charge in [0.05, 0.1) is 42.6 Å². The van der Waals surface area contributed by atoms with E-state index in [1.165, 1.54) is 6.20 Å². The first-order valence-electron chi connectivity index (χ1n) is 8.04. The van der Waals surface area contributed by atoms with E-state index in [-0.39, 0.29) is 5.97 Å². The number of hydrogen-bond donors (Lipinski definition) is 1. The number of pyridine rings is 1. The third-order valence-electron chi connectivity index (χ3n) is 3.46. The van der Waals surface area contributed by atoms with Gasteiger partial charge in [0.25, 0.3) is 0 Å². The third kappa shape index (κ3) is 4.43. The Hall–Kier alpha value is -3.16. The Balaban J connectivity index is 1.43. The Kier molecular flexibility index (Phi) is 5.40. The SMILES string of the molecule is CCOC(=O)c1cnn(CCCOc2ccc(-c3ccn[nH]3)nc2)c1. The summed E-state index contributed by atoms with van der Waals surface area (Å²) in [5.74, 6) is 0.351. The summed E-state index contributed by atoms with van der Waals surface area (Å²) in [5.41, 5.74) is 2.14. The van der Waals surface area contributed by atoms with Gasteiger partial charge in [0.2, 0.25) is 0 Å². The highest BCUT2D eigenvalue weighted by Crippen LogP contribution is 2.17. The van der Waals surface area contributed by atoms with E-state index in [0.29, 0.717) is 31.1 Å². The van der Waals surface area contributed by atoms with Crippen LogP contribution in [0.3, 0.4) is 0 Å². The first-order chi connectivity index (χ1) is 12.3. The number of ether oxygens (including phenoxy) is 2. The molecule has 0 radical (unpaired) electrons. The van der Waals surface area contributed by atoms with Gasteiger partial charge in [-0.15, -0.1) is 0 Å². The number of carbonyl (C=O) groups is 1. The Morgan fingerprint density at radius 2 is 2.20 bits per heavy atom. The maximum atomic E-state index is 11.6. The number of H-pyrrole nitrogens is 1. The molecule has 0 fully saturated rings. The normalized spacial score (nSPS) is 10.6. The second-order valence-electron chi connectivity index (χ2n) is 5.26. The molecule has 3 aromatic heterocycles. The summed E-state index contributed by atoms with van der Waals surface area (Å²) >= 11 is 0. The van der Waals surface area contributed by atoms with E-state index < -0.39 is 0 Å². The molecule has 0 aliphatic carbocycles. The molecule has 0 saturated carbocycles. The van der Waals surface area contributed by atoms with Crippen molar-refractivity contribution >= 4 is 5.97 Å². The number of hydrogen-bond acceptors (Lipinski definition) is 6. The number of aromatic amines is 1. The molecule has 0 amide bonds. The van der Waals surface area contributed by atoms with Gasteiger partial charge < -0.3 is 9.47 Å². The highest BCUT2D eigenvalue weighted by molar-refractivity contribution is 5.88. The second kappa shape index (κ2) is 8.09. The van der Waals surface area contributed by atoms with Crippen LogP contribution in [0.25, 0.3) is 11.4 Å². The van der Waals surface area contributed by atoms with Crippen molar-refractivity contribution in [2.45, 2.75) is 19.9 Å². The predicted octanol–water partition coefficient (Wildman–Crippen LogP) is 2.31.